The molecule has 1 heterocycles. The number of phenolic OH excluding ortho intramolecular Hbond substituents is 1. The molecule has 1 aromatic carbocycles. The zero-order valence-corrected chi connectivity index (χ0v) is 10.6. The van der Waals surface area contributed by atoms with E-state index in [1.165, 1.54) is 7.11 Å². The molecule has 2 rings (SSSR count). The van der Waals surface area contributed by atoms with Gasteiger partial charge < -0.3 is 14.7 Å². The quantitative estimate of drug-likeness (QED) is 0.807. The van der Waals surface area contributed by atoms with E-state index in [0.717, 1.165) is 24.1 Å². The van der Waals surface area contributed by atoms with E-state index < -0.39 is 0 Å². The van der Waals surface area contributed by atoms with Crippen LogP contribution in [0.1, 0.15) is 12.0 Å². The van der Waals surface area contributed by atoms with Gasteiger partial charge in [-0.1, -0.05) is 18.2 Å². The first-order chi connectivity index (χ1) is 8.63. The number of rotatable bonds is 2. The molecule has 1 aliphatic heterocycles. The van der Waals surface area contributed by atoms with Crippen LogP contribution in [0.5, 0.6) is 5.75 Å². The minimum atomic E-state index is -0.320. The Balaban J connectivity index is 2.50. The van der Waals surface area contributed by atoms with Crippen molar-refractivity contribution in [3.8, 4) is 5.75 Å². The maximum absolute atomic E-state index is 11.8. The summed E-state index contributed by atoms with van der Waals surface area (Å²) in [7, 11) is 3.34. The second kappa shape index (κ2) is 5.23. The molecule has 1 aliphatic rings. The summed E-state index contributed by atoms with van der Waals surface area (Å²) >= 11 is 0. The van der Waals surface area contributed by atoms with E-state index in [2.05, 4.69) is 4.90 Å². The van der Waals surface area contributed by atoms with Crippen molar-refractivity contribution >= 4 is 11.5 Å². The van der Waals surface area contributed by atoms with Gasteiger partial charge in [-0.15, -0.1) is 0 Å². The second-order valence-corrected chi connectivity index (χ2v) is 4.45. The fourth-order valence-electron chi connectivity index (χ4n) is 2.23. The zero-order chi connectivity index (χ0) is 13.1. The molecule has 0 amide bonds. The molecular weight excluding hydrogens is 230 g/mol. The fraction of sp³-hybridized carbons (Fsp3) is 0.357. The SMILES string of the molecule is COC(=O)C1=C(c2ccccc2O)CCN(C)C1. The van der Waals surface area contributed by atoms with Crippen LogP contribution in [-0.2, 0) is 9.53 Å². The lowest BCUT2D eigenvalue weighted by atomic mass is 9.93. The molecule has 0 bridgehead atoms. The number of methoxy groups -OCH3 is 1. The Morgan fingerprint density at radius 3 is 2.78 bits per heavy atom. The summed E-state index contributed by atoms with van der Waals surface area (Å²) in [6.45, 7) is 1.42. The number of aromatic hydroxyl groups is 1. The highest BCUT2D eigenvalue weighted by Gasteiger charge is 2.24. The van der Waals surface area contributed by atoms with Gasteiger partial charge in [0.25, 0.3) is 0 Å². The molecule has 96 valence electrons. The number of carbonyl (C=O) groups excluding carboxylic acids is 1. The standard InChI is InChI=1S/C14H17NO3/c1-15-8-7-10(12(9-15)14(17)18-2)11-5-3-4-6-13(11)16/h3-6,16H,7-9H2,1-2H3. The van der Waals surface area contributed by atoms with Gasteiger partial charge in [-0.25, -0.2) is 4.79 Å². The van der Waals surface area contributed by atoms with E-state index in [1.54, 1.807) is 12.1 Å². The minimum absolute atomic E-state index is 0.207. The Morgan fingerprint density at radius 1 is 1.39 bits per heavy atom. The predicted octanol–water partition coefficient (Wildman–Crippen LogP) is 1.65. The van der Waals surface area contributed by atoms with Crippen LogP contribution in [0.4, 0.5) is 0 Å². The fourth-order valence-corrected chi connectivity index (χ4v) is 2.23. The summed E-state index contributed by atoms with van der Waals surface area (Å²) < 4.78 is 4.82. The summed E-state index contributed by atoms with van der Waals surface area (Å²) in [5, 5.41) is 9.90. The molecular formula is C14H17NO3. The third-order valence-electron chi connectivity index (χ3n) is 3.20. The zero-order valence-electron chi connectivity index (χ0n) is 10.6. The van der Waals surface area contributed by atoms with Crippen molar-refractivity contribution in [3.63, 3.8) is 0 Å². The molecule has 0 fully saturated rings. The summed E-state index contributed by atoms with van der Waals surface area (Å²) in [6, 6.07) is 7.09. The molecule has 0 radical (unpaired) electrons. The highest BCUT2D eigenvalue weighted by atomic mass is 16.5. The van der Waals surface area contributed by atoms with Gasteiger partial charge in [0.2, 0.25) is 0 Å². The lowest BCUT2D eigenvalue weighted by Gasteiger charge is -2.27. The van der Waals surface area contributed by atoms with E-state index in [9.17, 15) is 9.90 Å². The van der Waals surface area contributed by atoms with Crippen molar-refractivity contribution in [1.29, 1.82) is 0 Å². The molecule has 18 heavy (non-hydrogen) atoms. The number of nitrogens with zero attached hydrogens (tertiary/aromatic N) is 1. The van der Waals surface area contributed by atoms with Crippen molar-refractivity contribution < 1.29 is 14.6 Å². The Labute approximate surface area is 106 Å². The summed E-state index contributed by atoms with van der Waals surface area (Å²) in [5.74, 6) is -0.113. The third kappa shape index (κ3) is 2.38. The monoisotopic (exact) mass is 247 g/mol. The summed E-state index contributed by atoms with van der Waals surface area (Å²) in [4.78, 5) is 13.9. The van der Waals surface area contributed by atoms with E-state index >= 15 is 0 Å². The molecule has 0 saturated heterocycles. The molecule has 1 aromatic rings. The maximum Gasteiger partial charge on any atom is 0.335 e. The Morgan fingerprint density at radius 2 is 2.11 bits per heavy atom. The third-order valence-corrected chi connectivity index (χ3v) is 3.20. The van der Waals surface area contributed by atoms with Gasteiger partial charge in [-0.3, -0.25) is 0 Å². The number of ether oxygens (including phenoxy) is 1. The van der Waals surface area contributed by atoms with Crippen molar-refractivity contribution in [2.75, 3.05) is 27.2 Å². The normalized spacial score (nSPS) is 16.8. The van der Waals surface area contributed by atoms with Crippen LogP contribution in [-0.4, -0.2) is 43.2 Å². The smallest absolute Gasteiger partial charge is 0.335 e. The predicted molar refractivity (Wildman–Crippen MR) is 69.2 cm³/mol. The molecule has 4 nitrogen and oxygen atoms in total. The Bertz CT molecular complexity index is 494. The Hall–Kier alpha value is -1.81. The highest BCUT2D eigenvalue weighted by Crippen LogP contribution is 2.32. The van der Waals surface area contributed by atoms with Gasteiger partial charge in [0.1, 0.15) is 5.75 Å². The average molecular weight is 247 g/mol. The summed E-state index contributed by atoms with van der Waals surface area (Å²) in [5.41, 5.74) is 2.25. The van der Waals surface area contributed by atoms with E-state index in [1.807, 2.05) is 19.2 Å². The van der Waals surface area contributed by atoms with Crippen molar-refractivity contribution in [3.05, 3.63) is 35.4 Å². The van der Waals surface area contributed by atoms with Crippen LogP contribution in [0.3, 0.4) is 0 Å². The Kier molecular flexibility index (Phi) is 3.67. The van der Waals surface area contributed by atoms with Crippen molar-refractivity contribution in [1.82, 2.24) is 4.90 Å². The van der Waals surface area contributed by atoms with Gasteiger partial charge in [-0.2, -0.15) is 0 Å². The molecule has 1 N–H and O–H groups in total. The lowest BCUT2D eigenvalue weighted by molar-refractivity contribution is -0.136. The van der Waals surface area contributed by atoms with Crippen LogP contribution >= 0.6 is 0 Å². The largest absolute Gasteiger partial charge is 0.507 e. The first kappa shape index (κ1) is 12.6. The van der Waals surface area contributed by atoms with Crippen molar-refractivity contribution in [2.24, 2.45) is 0 Å². The minimum Gasteiger partial charge on any atom is -0.507 e. The topological polar surface area (TPSA) is 49.8 Å². The molecule has 0 aromatic heterocycles. The number of hydrogen-bond donors (Lipinski definition) is 1. The molecule has 0 atom stereocenters. The number of likely N-dealkylation sites (N-methyl/N-ethyl adjacent to an activating group) is 1. The number of phenols is 1. The van der Waals surface area contributed by atoms with Crippen LogP contribution in [0.25, 0.3) is 5.57 Å². The van der Waals surface area contributed by atoms with Gasteiger partial charge in [0.15, 0.2) is 0 Å². The molecule has 0 unspecified atom stereocenters. The van der Waals surface area contributed by atoms with Gasteiger partial charge in [0, 0.05) is 18.7 Å². The lowest BCUT2D eigenvalue weighted by Crippen LogP contribution is -2.31. The van der Waals surface area contributed by atoms with Crippen LogP contribution in [0, 0.1) is 0 Å². The van der Waals surface area contributed by atoms with Gasteiger partial charge >= 0.3 is 5.97 Å². The van der Waals surface area contributed by atoms with Gasteiger partial charge in [0.05, 0.1) is 12.7 Å². The van der Waals surface area contributed by atoms with Crippen LogP contribution in [0.15, 0.2) is 29.8 Å². The highest BCUT2D eigenvalue weighted by molar-refractivity contribution is 5.99. The summed E-state index contributed by atoms with van der Waals surface area (Å²) in [6.07, 6.45) is 0.735. The number of esters is 1. The molecule has 0 saturated carbocycles. The van der Waals surface area contributed by atoms with E-state index in [-0.39, 0.29) is 11.7 Å². The number of carbonyl (C=O) groups is 1. The van der Waals surface area contributed by atoms with E-state index in [4.69, 9.17) is 4.74 Å². The molecule has 4 heteroatoms. The number of benzene rings is 1. The number of hydrogen-bond acceptors (Lipinski definition) is 4. The number of para-hydroxylation sites is 1. The second-order valence-electron chi connectivity index (χ2n) is 4.45. The van der Waals surface area contributed by atoms with E-state index in [0.29, 0.717) is 12.1 Å². The maximum atomic E-state index is 11.8. The first-order valence-corrected chi connectivity index (χ1v) is 5.90. The molecule has 0 aliphatic carbocycles. The first-order valence-electron chi connectivity index (χ1n) is 5.90. The molecule has 0 spiro atoms. The van der Waals surface area contributed by atoms with Crippen molar-refractivity contribution in [2.45, 2.75) is 6.42 Å². The van der Waals surface area contributed by atoms with Crippen LogP contribution in [0.2, 0.25) is 0 Å². The van der Waals surface area contributed by atoms with Gasteiger partial charge in [-0.05, 0) is 25.1 Å². The average Bonchev–Trinajstić information content (AvgIpc) is 2.39. The van der Waals surface area contributed by atoms with Crippen LogP contribution < -0.4 is 0 Å².